The summed E-state index contributed by atoms with van der Waals surface area (Å²) in [4.78, 5) is 27.0. The summed E-state index contributed by atoms with van der Waals surface area (Å²) >= 11 is 0. The standard InChI is InChI=1S/C18H18N4O5/c1-3-11(2)15(19-17(23)14-5-4-10-26-14)18-20-16(21-27-18)12-6-8-13(9-7-12)22(24)25/h4-11,15H,3H2,1-2H3,(H,19,23)/t11-,15-/m1/s1. The van der Waals surface area contributed by atoms with Gasteiger partial charge in [-0.2, -0.15) is 4.98 Å². The molecule has 1 amide bonds. The van der Waals surface area contributed by atoms with Crippen LogP contribution in [0.4, 0.5) is 5.69 Å². The second-order valence-corrected chi connectivity index (χ2v) is 6.07. The maximum atomic E-state index is 12.3. The first-order valence-corrected chi connectivity index (χ1v) is 8.42. The number of rotatable bonds is 7. The summed E-state index contributed by atoms with van der Waals surface area (Å²) in [5.74, 6) is 0.408. The van der Waals surface area contributed by atoms with Gasteiger partial charge in [-0.15, -0.1) is 0 Å². The highest BCUT2D eigenvalue weighted by molar-refractivity contribution is 5.91. The third-order valence-corrected chi connectivity index (χ3v) is 4.29. The second-order valence-electron chi connectivity index (χ2n) is 6.07. The Morgan fingerprint density at radius 1 is 1.30 bits per heavy atom. The average molecular weight is 370 g/mol. The first-order valence-electron chi connectivity index (χ1n) is 8.42. The summed E-state index contributed by atoms with van der Waals surface area (Å²) in [5.41, 5.74) is 0.557. The van der Waals surface area contributed by atoms with Crippen molar-refractivity contribution in [2.24, 2.45) is 5.92 Å². The fourth-order valence-electron chi connectivity index (χ4n) is 2.51. The SMILES string of the molecule is CC[C@@H](C)[C@@H](NC(=O)c1ccco1)c1nc(-c2ccc([N+](=O)[O-])cc2)no1. The molecule has 0 bridgehead atoms. The maximum Gasteiger partial charge on any atom is 0.287 e. The van der Waals surface area contributed by atoms with Crippen LogP contribution in [0.5, 0.6) is 0 Å². The molecule has 0 spiro atoms. The molecule has 0 saturated carbocycles. The molecule has 9 nitrogen and oxygen atoms in total. The molecular weight excluding hydrogens is 352 g/mol. The number of aromatic nitrogens is 2. The second kappa shape index (κ2) is 7.81. The van der Waals surface area contributed by atoms with E-state index < -0.39 is 11.0 Å². The minimum atomic E-state index is -0.494. The highest BCUT2D eigenvalue weighted by atomic mass is 16.6. The number of nitrogens with one attached hydrogen (secondary N) is 1. The highest BCUT2D eigenvalue weighted by Crippen LogP contribution is 2.27. The van der Waals surface area contributed by atoms with Gasteiger partial charge in [0, 0.05) is 17.7 Å². The van der Waals surface area contributed by atoms with Crippen LogP contribution in [0.3, 0.4) is 0 Å². The summed E-state index contributed by atoms with van der Waals surface area (Å²) in [6.07, 6.45) is 2.20. The summed E-state index contributed by atoms with van der Waals surface area (Å²) < 4.78 is 10.5. The molecule has 0 aliphatic heterocycles. The van der Waals surface area contributed by atoms with Gasteiger partial charge in [0.25, 0.3) is 11.6 Å². The Bertz CT molecular complexity index is 918. The van der Waals surface area contributed by atoms with Crippen LogP contribution < -0.4 is 5.32 Å². The Balaban J connectivity index is 1.83. The lowest BCUT2D eigenvalue weighted by Gasteiger charge is -2.20. The van der Waals surface area contributed by atoms with E-state index in [1.807, 2.05) is 13.8 Å². The van der Waals surface area contributed by atoms with Crippen LogP contribution in [0.15, 0.2) is 51.6 Å². The Hall–Kier alpha value is -3.49. The van der Waals surface area contributed by atoms with E-state index in [1.165, 1.54) is 18.4 Å². The molecule has 1 N–H and O–H groups in total. The first-order chi connectivity index (χ1) is 13.0. The number of nitrogens with zero attached hydrogens (tertiary/aromatic N) is 3. The van der Waals surface area contributed by atoms with Gasteiger partial charge in [-0.3, -0.25) is 14.9 Å². The van der Waals surface area contributed by atoms with Gasteiger partial charge in [-0.05, 0) is 30.2 Å². The van der Waals surface area contributed by atoms with Crippen LogP contribution in [-0.2, 0) is 0 Å². The normalized spacial score (nSPS) is 13.1. The van der Waals surface area contributed by atoms with Crippen LogP contribution in [0, 0.1) is 16.0 Å². The molecule has 3 aromatic rings. The van der Waals surface area contributed by atoms with Crippen LogP contribution in [0.1, 0.15) is 42.8 Å². The quantitative estimate of drug-likeness (QED) is 0.496. The van der Waals surface area contributed by atoms with Crippen molar-refractivity contribution in [1.82, 2.24) is 15.5 Å². The molecule has 2 atom stereocenters. The summed E-state index contributed by atoms with van der Waals surface area (Å²) in [6.45, 7) is 3.95. The summed E-state index contributed by atoms with van der Waals surface area (Å²) in [7, 11) is 0. The zero-order valence-corrected chi connectivity index (χ0v) is 14.8. The van der Waals surface area contributed by atoms with Crippen molar-refractivity contribution in [3.05, 3.63) is 64.4 Å². The van der Waals surface area contributed by atoms with Gasteiger partial charge < -0.3 is 14.3 Å². The Kier molecular flexibility index (Phi) is 5.30. The predicted molar refractivity (Wildman–Crippen MR) is 94.8 cm³/mol. The lowest BCUT2D eigenvalue weighted by atomic mass is 9.99. The van der Waals surface area contributed by atoms with E-state index in [-0.39, 0.29) is 29.2 Å². The number of non-ortho nitro benzene ring substituents is 1. The zero-order valence-electron chi connectivity index (χ0n) is 14.8. The van der Waals surface area contributed by atoms with Crippen molar-refractivity contribution in [3.8, 4) is 11.4 Å². The number of hydrogen-bond donors (Lipinski definition) is 1. The van der Waals surface area contributed by atoms with Crippen molar-refractivity contribution >= 4 is 11.6 Å². The molecule has 0 unspecified atom stereocenters. The summed E-state index contributed by atoms with van der Waals surface area (Å²) in [5, 5.41) is 17.6. The maximum absolute atomic E-state index is 12.3. The van der Waals surface area contributed by atoms with Crippen molar-refractivity contribution < 1.29 is 18.7 Å². The Morgan fingerprint density at radius 3 is 2.63 bits per heavy atom. The van der Waals surface area contributed by atoms with Gasteiger partial charge in [0.05, 0.1) is 11.2 Å². The molecule has 0 aliphatic rings. The Morgan fingerprint density at radius 2 is 2.04 bits per heavy atom. The molecule has 0 saturated heterocycles. The molecule has 3 rings (SSSR count). The van der Waals surface area contributed by atoms with E-state index in [0.29, 0.717) is 11.4 Å². The van der Waals surface area contributed by atoms with Crippen molar-refractivity contribution in [2.75, 3.05) is 0 Å². The lowest BCUT2D eigenvalue weighted by molar-refractivity contribution is -0.384. The minimum absolute atomic E-state index is 0.0225. The molecule has 0 radical (unpaired) electrons. The van der Waals surface area contributed by atoms with Gasteiger partial charge in [-0.1, -0.05) is 25.4 Å². The molecule has 2 heterocycles. The van der Waals surface area contributed by atoms with Crippen LogP contribution in [0.2, 0.25) is 0 Å². The third kappa shape index (κ3) is 4.02. The predicted octanol–water partition coefficient (Wildman–Crippen LogP) is 3.76. The zero-order chi connectivity index (χ0) is 19.4. The molecule has 9 heteroatoms. The molecule has 2 aromatic heterocycles. The van der Waals surface area contributed by atoms with Crippen LogP contribution >= 0.6 is 0 Å². The van der Waals surface area contributed by atoms with Crippen molar-refractivity contribution in [3.63, 3.8) is 0 Å². The van der Waals surface area contributed by atoms with E-state index in [0.717, 1.165) is 6.42 Å². The third-order valence-electron chi connectivity index (χ3n) is 4.29. The number of carbonyl (C=O) groups excluding carboxylic acids is 1. The number of furan rings is 1. The molecule has 1 aromatic carbocycles. The molecule has 140 valence electrons. The largest absolute Gasteiger partial charge is 0.459 e. The number of hydrogen-bond acceptors (Lipinski definition) is 7. The smallest absolute Gasteiger partial charge is 0.287 e. The van der Waals surface area contributed by atoms with Crippen molar-refractivity contribution in [1.29, 1.82) is 0 Å². The summed E-state index contributed by atoms with van der Waals surface area (Å²) in [6, 6.07) is 8.55. The van der Waals surface area contributed by atoms with E-state index in [2.05, 4.69) is 15.5 Å². The number of carbonyl (C=O) groups is 1. The molecule has 27 heavy (non-hydrogen) atoms. The lowest BCUT2D eigenvalue weighted by Crippen LogP contribution is -2.32. The first kappa shape index (κ1) is 18.3. The number of nitro benzene ring substituents is 1. The van der Waals surface area contributed by atoms with E-state index in [4.69, 9.17) is 8.94 Å². The van der Waals surface area contributed by atoms with Gasteiger partial charge in [-0.25, -0.2) is 0 Å². The average Bonchev–Trinajstić information content (AvgIpc) is 3.37. The van der Waals surface area contributed by atoms with Gasteiger partial charge in [0.15, 0.2) is 5.76 Å². The minimum Gasteiger partial charge on any atom is -0.459 e. The fraction of sp³-hybridized carbons (Fsp3) is 0.278. The highest BCUT2D eigenvalue weighted by Gasteiger charge is 2.27. The number of nitro groups is 1. The Labute approximate surface area is 154 Å². The van der Waals surface area contributed by atoms with E-state index >= 15 is 0 Å². The van der Waals surface area contributed by atoms with Gasteiger partial charge >= 0.3 is 0 Å². The van der Waals surface area contributed by atoms with Crippen molar-refractivity contribution in [2.45, 2.75) is 26.3 Å². The van der Waals surface area contributed by atoms with Crippen LogP contribution in [0.25, 0.3) is 11.4 Å². The topological polar surface area (TPSA) is 124 Å². The van der Waals surface area contributed by atoms with Crippen LogP contribution in [-0.4, -0.2) is 21.0 Å². The van der Waals surface area contributed by atoms with Gasteiger partial charge in [0.1, 0.15) is 6.04 Å². The van der Waals surface area contributed by atoms with E-state index in [1.54, 1.807) is 24.3 Å². The molecule has 0 aliphatic carbocycles. The van der Waals surface area contributed by atoms with Gasteiger partial charge in [0.2, 0.25) is 11.7 Å². The fourth-order valence-corrected chi connectivity index (χ4v) is 2.51. The molecular formula is C18H18N4O5. The number of benzene rings is 1. The van der Waals surface area contributed by atoms with E-state index in [9.17, 15) is 14.9 Å². The monoisotopic (exact) mass is 370 g/mol. The number of amides is 1. The molecule has 0 fully saturated rings.